The third kappa shape index (κ3) is 3.50. The Bertz CT molecular complexity index is 219. The van der Waals surface area contributed by atoms with Crippen molar-refractivity contribution in [3.63, 3.8) is 0 Å². The molecule has 0 bridgehead atoms. The molecule has 0 aliphatic carbocycles. The molecule has 0 spiro atoms. The summed E-state index contributed by atoms with van der Waals surface area (Å²) >= 11 is 0. The Labute approximate surface area is 139 Å². The van der Waals surface area contributed by atoms with Gasteiger partial charge in [0.1, 0.15) is 0 Å². The lowest BCUT2D eigenvalue weighted by atomic mass is 9.73. The molecule has 0 atom stereocenters. The highest BCUT2D eigenvalue weighted by Crippen LogP contribution is 2.43. The van der Waals surface area contributed by atoms with Gasteiger partial charge in [0.2, 0.25) is 0 Å². The van der Waals surface area contributed by atoms with Gasteiger partial charge in [0.25, 0.3) is 0 Å². The fourth-order valence-corrected chi connectivity index (χ4v) is 4.35. The summed E-state index contributed by atoms with van der Waals surface area (Å²) in [5.74, 6) is 0. The molecule has 4 heteroatoms. The maximum atomic E-state index is 6.33. The lowest BCUT2D eigenvalue weighted by molar-refractivity contribution is -0.110. The molecule has 0 unspecified atom stereocenters. The van der Waals surface area contributed by atoms with Crippen molar-refractivity contribution in [2.45, 2.75) is 96.7 Å². The molecule has 0 saturated carbocycles. The average Bonchev–Trinajstić information content (AvgIpc) is 2.60. The van der Waals surface area contributed by atoms with E-state index in [1.807, 2.05) is 0 Å². The van der Waals surface area contributed by atoms with E-state index in [-0.39, 0.29) is 16.6 Å². The first kappa shape index (κ1) is 21.8. The fourth-order valence-electron chi connectivity index (χ4n) is 4.35. The molecule has 0 aliphatic heterocycles. The van der Waals surface area contributed by atoms with Gasteiger partial charge in [-0.3, -0.25) is 4.90 Å². The van der Waals surface area contributed by atoms with Gasteiger partial charge in [0.05, 0.1) is 0 Å². The molecule has 0 heterocycles. The predicted molar refractivity (Wildman–Crippen MR) is 98.9 cm³/mol. The molecular weight excluding hydrogens is 272 g/mol. The molecule has 0 radical (unpaired) electrons. The maximum absolute atomic E-state index is 6.33. The van der Waals surface area contributed by atoms with Gasteiger partial charge in [0, 0.05) is 36.3 Å². The van der Waals surface area contributed by atoms with Crippen LogP contribution in [0.25, 0.3) is 0 Å². The van der Waals surface area contributed by atoms with Crippen LogP contribution < -0.4 is 17.2 Å². The zero-order valence-corrected chi connectivity index (χ0v) is 16.0. The molecule has 0 fully saturated rings. The lowest BCUT2D eigenvalue weighted by Gasteiger charge is -2.62. The van der Waals surface area contributed by atoms with Crippen LogP contribution in [0.4, 0.5) is 0 Å². The van der Waals surface area contributed by atoms with Gasteiger partial charge >= 0.3 is 0 Å². The smallest absolute Gasteiger partial charge is 0.0338 e. The largest absolute Gasteiger partial charge is 0.329 e. The zero-order chi connectivity index (χ0) is 17.4. The molecule has 0 aromatic heterocycles. The highest BCUT2D eigenvalue weighted by molar-refractivity contribution is 5.09. The third-order valence-electron chi connectivity index (χ3n) is 6.51. The monoisotopic (exact) mass is 314 g/mol. The molecule has 22 heavy (non-hydrogen) atoms. The number of hydrogen-bond acceptors (Lipinski definition) is 4. The van der Waals surface area contributed by atoms with Crippen molar-refractivity contribution in [1.29, 1.82) is 0 Å². The molecule has 0 aromatic rings. The molecule has 6 N–H and O–H groups in total. The van der Waals surface area contributed by atoms with Crippen LogP contribution in [0, 0.1) is 0 Å². The maximum Gasteiger partial charge on any atom is 0.0338 e. The highest BCUT2D eigenvalue weighted by Gasteiger charge is 2.52. The van der Waals surface area contributed by atoms with Gasteiger partial charge in [0.15, 0.2) is 0 Å². The minimum Gasteiger partial charge on any atom is -0.329 e. The van der Waals surface area contributed by atoms with E-state index in [1.165, 1.54) is 0 Å². The second-order valence-corrected chi connectivity index (χ2v) is 6.74. The highest BCUT2D eigenvalue weighted by atomic mass is 15.3. The van der Waals surface area contributed by atoms with Crippen LogP contribution in [-0.2, 0) is 0 Å². The number of hydrogen-bond donors (Lipinski definition) is 3. The van der Waals surface area contributed by atoms with Crippen molar-refractivity contribution in [2.75, 3.05) is 19.6 Å². The van der Waals surface area contributed by atoms with Gasteiger partial charge < -0.3 is 17.2 Å². The number of rotatable bonds is 12. The van der Waals surface area contributed by atoms with E-state index in [4.69, 9.17) is 17.2 Å². The average molecular weight is 315 g/mol. The van der Waals surface area contributed by atoms with Crippen LogP contribution in [0.1, 0.15) is 80.1 Å². The second kappa shape index (κ2) is 9.21. The topological polar surface area (TPSA) is 81.3 Å². The third-order valence-corrected chi connectivity index (χ3v) is 6.51. The fraction of sp³-hybridized carbons (Fsp3) is 1.00. The Morgan fingerprint density at radius 1 is 0.500 bits per heavy atom. The summed E-state index contributed by atoms with van der Waals surface area (Å²) in [6, 6.07) is 0. The lowest BCUT2D eigenvalue weighted by Crippen LogP contribution is -2.74. The van der Waals surface area contributed by atoms with E-state index < -0.39 is 0 Å². The zero-order valence-electron chi connectivity index (χ0n) is 16.0. The van der Waals surface area contributed by atoms with Gasteiger partial charge in [-0.25, -0.2) is 0 Å². The molecule has 0 saturated heterocycles. The first-order valence-electron chi connectivity index (χ1n) is 9.32. The van der Waals surface area contributed by atoms with E-state index in [0.717, 1.165) is 38.5 Å². The Morgan fingerprint density at radius 3 is 0.773 bits per heavy atom. The molecule has 0 aliphatic rings. The number of nitrogens with two attached hydrogens (primary N) is 3. The Hall–Kier alpha value is -0.160. The van der Waals surface area contributed by atoms with Crippen molar-refractivity contribution >= 4 is 0 Å². The standard InChI is InChI=1S/C18H42N4/c1-7-16(8-2,13-19)22(17(9-3,10-4)14-20)18(11-5,12-6)15-21/h7-15,19-21H2,1-6H3. The van der Waals surface area contributed by atoms with Gasteiger partial charge in [-0.2, -0.15) is 0 Å². The van der Waals surface area contributed by atoms with Crippen molar-refractivity contribution in [1.82, 2.24) is 4.90 Å². The van der Waals surface area contributed by atoms with E-state index in [0.29, 0.717) is 19.6 Å². The summed E-state index contributed by atoms with van der Waals surface area (Å²) in [6.45, 7) is 15.5. The van der Waals surface area contributed by atoms with Crippen LogP contribution >= 0.6 is 0 Å². The molecule has 4 nitrogen and oxygen atoms in total. The molecule has 0 rings (SSSR count). The predicted octanol–water partition coefficient (Wildman–Crippen LogP) is 2.84. The summed E-state index contributed by atoms with van der Waals surface area (Å²) in [5.41, 5.74) is 18.9. The first-order valence-corrected chi connectivity index (χ1v) is 9.32. The van der Waals surface area contributed by atoms with Crippen LogP contribution in [0.15, 0.2) is 0 Å². The normalized spacial score (nSPS) is 13.9. The summed E-state index contributed by atoms with van der Waals surface area (Å²) < 4.78 is 0. The summed E-state index contributed by atoms with van der Waals surface area (Å²) in [4.78, 5) is 2.69. The summed E-state index contributed by atoms with van der Waals surface area (Å²) in [6.07, 6.45) is 6.19. The SMILES string of the molecule is CCC(CC)(CN)N(C(CC)(CC)CN)C(CC)(CC)CN. The van der Waals surface area contributed by atoms with Crippen LogP contribution in [0.2, 0.25) is 0 Å². The molecule has 0 aromatic carbocycles. The second-order valence-electron chi connectivity index (χ2n) is 6.74. The van der Waals surface area contributed by atoms with Gasteiger partial charge in [-0.15, -0.1) is 0 Å². The molecule has 0 amide bonds. The van der Waals surface area contributed by atoms with Crippen LogP contribution in [0.3, 0.4) is 0 Å². The van der Waals surface area contributed by atoms with Crippen LogP contribution in [-0.4, -0.2) is 41.2 Å². The molecule has 134 valence electrons. The van der Waals surface area contributed by atoms with E-state index >= 15 is 0 Å². The number of nitrogens with zero attached hydrogens (tertiary/aromatic N) is 1. The van der Waals surface area contributed by atoms with Gasteiger partial charge in [-0.1, -0.05) is 41.5 Å². The minimum absolute atomic E-state index is 0.0310. The van der Waals surface area contributed by atoms with Crippen LogP contribution in [0.5, 0.6) is 0 Å². The Kier molecular flexibility index (Phi) is 9.15. The minimum atomic E-state index is -0.0310. The molecular formula is C18H42N4. The van der Waals surface area contributed by atoms with E-state index in [9.17, 15) is 0 Å². The quantitative estimate of drug-likeness (QED) is 0.517. The van der Waals surface area contributed by atoms with E-state index in [2.05, 4.69) is 46.4 Å². The van der Waals surface area contributed by atoms with Crippen molar-refractivity contribution in [3.05, 3.63) is 0 Å². The van der Waals surface area contributed by atoms with Crippen molar-refractivity contribution < 1.29 is 0 Å². The van der Waals surface area contributed by atoms with Gasteiger partial charge in [-0.05, 0) is 38.5 Å². The summed E-state index contributed by atoms with van der Waals surface area (Å²) in [7, 11) is 0. The first-order chi connectivity index (χ1) is 10.4. The summed E-state index contributed by atoms with van der Waals surface area (Å²) in [5, 5.41) is 0. The Balaban J connectivity index is 6.42. The van der Waals surface area contributed by atoms with Crippen molar-refractivity contribution in [3.8, 4) is 0 Å². The Morgan fingerprint density at radius 2 is 0.682 bits per heavy atom. The van der Waals surface area contributed by atoms with E-state index in [1.54, 1.807) is 0 Å². The van der Waals surface area contributed by atoms with Crippen molar-refractivity contribution in [2.24, 2.45) is 17.2 Å².